The minimum absolute atomic E-state index is 0.00851. The molecule has 0 aliphatic heterocycles. The van der Waals surface area contributed by atoms with Crippen LogP contribution in [0.25, 0.3) is 0 Å². The van der Waals surface area contributed by atoms with E-state index in [1.807, 2.05) is 18.7 Å². The molecule has 6 heteroatoms. The zero-order chi connectivity index (χ0) is 11.3. The predicted octanol–water partition coefficient (Wildman–Crippen LogP) is 0.417. The third-order valence-electron chi connectivity index (χ3n) is 2.06. The molecule has 1 rings (SSSR count). The van der Waals surface area contributed by atoms with Crippen LogP contribution in [0.3, 0.4) is 0 Å². The summed E-state index contributed by atoms with van der Waals surface area (Å²) in [6.07, 6.45) is 1.59. The standard InChI is InChI=1S/C9H15N5O/c1-3-14(4-2)9-11-6-5-7(12-9)8(10)13-15/h5-6,15H,3-4H2,1-2H3,(H2,10,13). The molecule has 0 saturated carbocycles. The van der Waals surface area contributed by atoms with E-state index in [1.165, 1.54) is 0 Å². The van der Waals surface area contributed by atoms with Crippen LogP contribution in [0, 0.1) is 0 Å². The highest BCUT2D eigenvalue weighted by Gasteiger charge is 2.07. The van der Waals surface area contributed by atoms with Crippen LogP contribution < -0.4 is 10.6 Å². The van der Waals surface area contributed by atoms with Crippen molar-refractivity contribution in [1.29, 1.82) is 0 Å². The maximum Gasteiger partial charge on any atom is 0.225 e. The van der Waals surface area contributed by atoms with E-state index >= 15 is 0 Å². The Morgan fingerprint density at radius 2 is 2.20 bits per heavy atom. The van der Waals surface area contributed by atoms with E-state index < -0.39 is 0 Å². The first-order valence-corrected chi connectivity index (χ1v) is 4.78. The van der Waals surface area contributed by atoms with Gasteiger partial charge in [-0.3, -0.25) is 0 Å². The Bertz CT molecular complexity index is 348. The molecule has 0 radical (unpaired) electrons. The summed E-state index contributed by atoms with van der Waals surface area (Å²) in [5.74, 6) is 0.579. The van der Waals surface area contributed by atoms with Gasteiger partial charge in [0.15, 0.2) is 5.84 Å². The van der Waals surface area contributed by atoms with Crippen LogP contribution in [0.2, 0.25) is 0 Å². The van der Waals surface area contributed by atoms with Gasteiger partial charge in [0.05, 0.1) is 0 Å². The van der Waals surface area contributed by atoms with Crippen LogP contribution in [0.15, 0.2) is 17.4 Å². The Morgan fingerprint density at radius 3 is 2.73 bits per heavy atom. The molecule has 0 aromatic carbocycles. The van der Waals surface area contributed by atoms with E-state index in [2.05, 4.69) is 15.1 Å². The summed E-state index contributed by atoms with van der Waals surface area (Å²) >= 11 is 0. The van der Waals surface area contributed by atoms with Crippen LogP contribution in [0.4, 0.5) is 5.95 Å². The molecular formula is C9H15N5O. The maximum atomic E-state index is 8.52. The molecule has 0 fully saturated rings. The average molecular weight is 209 g/mol. The number of nitrogens with zero attached hydrogens (tertiary/aromatic N) is 4. The van der Waals surface area contributed by atoms with Gasteiger partial charge in [-0.15, -0.1) is 0 Å². The highest BCUT2D eigenvalue weighted by atomic mass is 16.4. The van der Waals surface area contributed by atoms with E-state index in [0.29, 0.717) is 11.6 Å². The molecule has 15 heavy (non-hydrogen) atoms. The zero-order valence-corrected chi connectivity index (χ0v) is 8.88. The van der Waals surface area contributed by atoms with Crippen molar-refractivity contribution in [1.82, 2.24) is 9.97 Å². The fraction of sp³-hybridized carbons (Fsp3) is 0.444. The molecule has 0 unspecified atom stereocenters. The molecule has 1 aromatic heterocycles. The third kappa shape index (κ3) is 2.55. The fourth-order valence-corrected chi connectivity index (χ4v) is 1.20. The Morgan fingerprint density at radius 1 is 1.53 bits per heavy atom. The summed E-state index contributed by atoms with van der Waals surface area (Å²) in [4.78, 5) is 10.3. The molecule has 0 bridgehead atoms. The lowest BCUT2D eigenvalue weighted by Crippen LogP contribution is -2.25. The number of anilines is 1. The topological polar surface area (TPSA) is 87.6 Å². The van der Waals surface area contributed by atoms with Crippen LogP contribution in [0.5, 0.6) is 0 Å². The average Bonchev–Trinajstić information content (AvgIpc) is 2.30. The molecule has 0 aliphatic rings. The van der Waals surface area contributed by atoms with Gasteiger partial charge >= 0.3 is 0 Å². The van der Waals surface area contributed by atoms with Gasteiger partial charge in [0.25, 0.3) is 0 Å². The summed E-state index contributed by atoms with van der Waals surface area (Å²) in [6, 6.07) is 1.60. The van der Waals surface area contributed by atoms with Crippen LogP contribution in [-0.4, -0.2) is 34.1 Å². The summed E-state index contributed by atoms with van der Waals surface area (Å²) in [6.45, 7) is 5.66. The lowest BCUT2D eigenvalue weighted by Gasteiger charge is -2.18. The fourth-order valence-electron chi connectivity index (χ4n) is 1.20. The number of hydrogen-bond acceptors (Lipinski definition) is 5. The Labute approximate surface area is 88.4 Å². The molecule has 0 spiro atoms. The van der Waals surface area contributed by atoms with Crippen LogP contribution in [-0.2, 0) is 0 Å². The van der Waals surface area contributed by atoms with E-state index in [4.69, 9.17) is 10.9 Å². The van der Waals surface area contributed by atoms with Gasteiger partial charge in [-0.2, -0.15) is 0 Å². The van der Waals surface area contributed by atoms with E-state index in [-0.39, 0.29) is 5.84 Å². The molecular weight excluding hydrogens is 194 g/mol. The predicted molar refractivity (Wildman–Crippen MR) is 58.1 cm³/mol. The van der Waals surface area contributed by atoms with Gasteiger partial charge in [0.1, 0.15) is 5.69 Å². The second-order valence-electron chi connectivity index (χ2n) is 2.90. The molecule has 82 valence electrons. The van der Waals surface area contributed by atoms with Crippen molar-refractivity contribution in [2.45, 2.75) is 13.8 Å². The molecule has 0 aliphatic carbocycles. The summed E-state index contributed by atoms with van der Waals surface area (Å²) in [7, 11) is 0. The van der Waals surface area contributed by atoms with Crippen LogP contribution in [0.1, 0.15) is 19.5 Å². The number of aromatic nitrogens is 2. The third-order valence-corrected chi connectivity index (χ3v) is 2.06. The van der Waals surface area contributed by atoms with Gasteiger partial charge in [-0.1, -0.05) is 5.16 Å². The van der Waals surface area contributed by atoms with Gasteiger partial charge in [0, 0.05) is 19.3 Å². The second-order valence-corrected chi connectivity index (χ2v) is 2.90. The molecule has 6 nitrogen and oxygen atoms in total. The van der Waals surface area contributed by atoms with Crippen molar-refractivity contribution in [2.24, 2.45) is 10.9 Å². The van der Waals surface area contributed by atoms with E-state index in [1.54, 1.807) is 12.3 Å². The molecule has 1 heterocycles. The molecule has 0 atom stereocenters. The molecule has 0 amide bonds. The lowest BCUT2D eigenvalue weighted by molar-refractivity contribution is 0.318. The van der Waals surface area contributed by atoms with Crippen molar-refractivity contribution in [3.05, 3.63) is 18.0 Å². The van der Waals surface area contributed by atoms with Crippen molar-refractivity contribution in [3.63, 3.8) is 0 Å². The van der Waals surface area contributed by atoms with Gasteiger partial charge in [-0.25, -0.2) is 9.97 Å². The Hall–Kier alpha value is -1.85. The molecule has 0 saturated heterocycles. The van der Waals surface area contributed by atoms with Gasteiger partial charge < -0.3 is 15.8 Å². The van der Waals surface area contributed by atoms with Gasteiger partial charge in [-0.05, 0) is 19.9 Å². The zero-order valence-electron chi connectivity index (χ0n) is 8.88. The second kappa shape index (κ2) is 5.14. The van der Waals surface area contributed by atoms with Crippen molar-refractivity contribution < 1.29 is 5.21 Å². The monoisotopic (exact) mass is 209 g/mol. The summed E-state index contributed by atoms with van der Waals surface area (Å²) < 4.78 is 0. The lowest BCUT2D eigenvalue weighted by atomic mass is 10.4. The largest absolute Gasteiger partial charge is 0.409 e. The summed E-state index contributed by atoms with van der Waals surface area (Å²) in [5.41, 5.74) is 5.86. The number of amidine groups is 1. The first-order chi connectivity index (χ1) is 7.22. The normalized spacial score (nSPS) is 11.5. The highest BCUT2D eigenvalue weighted by molar-refractivity contribution is 5.95. The molecule has 3 N–H and O–H groups in total. The smallest absolute Gasteiger partial charge is 0.225 e. The first kappa shape index (κ1) is 11.2. The van der Waals surface area contributed by atoms with Crippen molar-refractivity contribution in [3.8, 4) is 0 Å². The minimum Gasteiger partial charge on any atom is -0.409 e. The van der Waals surface area contributed by atoms with Crippen LogP contribution >= 0.6 is 0 Å². The van der Waals surface area contributed by atoms with Gasteiger partial charge in [0.2, 0.25) is 5.95 Å². The van der Waals surface area contributed by atoms with E-state index in [9.17, 15) is 0 Å². The number of oxime groups is 1. The van der Waals surface area contributed by atoms with Crippen molar-refractivity contribution in [2.75, 3.05) is 18.0 Å². The van der Waals surface area contributed by atoms with Crippen molar-refractivity contribution >= 4 is 11.8 Å². The first-order valence-electron chi connectivity index (χ1n) is 4.78. The highest BCUT2D eigenvalue weighted by Crippen LogP contribution is 2.06. The minimum atomic E-state index is -0.00851. The summed E-state index contributed by atoms with van der Waals surface area (Å²) in [5, 5.41) is 11.4. The number of nitrogens with two attached hydrogens (primary N) is 1. The number of rotatable bonds is 4. The quantitative estimate of drug-likeness (QED) is 0.325. The molecule has 1 aromatic rings. The Balaban J connectivity index is 3.01. The van der Waals surface area contributed by atoms with E-state index in [0.717, 1.165) is 13.1 Å². The Kier molecular flexibility index (Phi) is 3.84. The maximum absolute atomic E-state index is 8.52. The SMILES string of the molecule is CCN(CC)c1nccc(/C(N)=N\O)n1. The number of hydrogen-bond donors (Lipinski definition) is 2.